The Balaban J connectivity index is 2.14. The van der Waals surface area contributed by atoms with Gasteiger partial charge in [-0.25, -0.2) is 0 Å². The van der Waals surface area contributed by atoms with E-state index in [0.717, 1.165) is 16.7 Å². The molecule has 0 heterocycles. The molecule has 1 amide bonds. The molecule has 0 aromatic heterocycles. The van der Waals surface area contributed by atoms with E-state index in [2.05, 4.69) is 21.2 Å². The van der Waals surface area contributed by atoms with Gasteiger partial charge < -0.3 is 15.2 Å². The average Bonchev–Trinajstić information content (AvgIpc) is 2.50. The van der Waals surface area contributed by atoms with Gasteiger partial charge in [-0.3, -0.25) is 4.79 Å². The average molecular weight is 364 g/mol. The summed E-state index contributed by atoms with van der Waals surface area (Å²) in [5.41, 5.74) is 3.18. The SMILES string of the molecule is COCc1ccccc1CNC(=O)c1cc(C)cc(Br)c1O. The number of amides is 1. The van der Waals surface area contributed by atoms with Crippen molar-refractivity contribution in [3.05, 3.63) is 63.1 Å². The first kappa shape index (κ1) is 16.5. The topological polar surface area (TPSA) is 58.6 Å². The number of carbonyl (C=O) groups excluding carboxylic acids is 1. The summed E-state index contributed by atoms with van der Waals surface area (Å²) in [6, 6.07) is 11.2. The van der Waals surface area contributed by atoms with Gasteiger partial charge in [0.2, 0.25) is 0 Å². The first-order valence-corrected chi connectivity index (χ1v) is 7.65. The molecule has 0 radical (unpaired) electrons. The van der Waals surface area contributed by atoms with Gasteiger partial charge in [0.1, 0.15) is 5.75 Å². The monoisotopic (exact) mass is 363 g/mol. The van der Waals surface area contributed by atoms with E-state index in [-0.39, 0.29) is 17.2 Å². The molecule has 0 aliphatic carbocycles. The molecule has 5 heteroatoms. The molecule has 0 aliphatic rings. The number of aryl methyl sites for hydroxylation is 1. The van der Waals surface area contributed by atoms with E-state index in [4.69, 9.17) is 4.74 Å². The minimum atomic E-state index is -0.311. The van der Waals surface area contributed by atoms with Crippen molar-refractivity contribution in [2.45, 2.75) is 20.1 Å². The number of benzene rings is 2. The Bertz CT molecular complexity index is 686. The van der Waals surface area contributed by atoms with Gasteiger partial charge in [0.05, 0.1) is 16.6 Å². The summed E-state index contributed by atoms with van der Waals surface area (Å²) >= 11 is 3.25. The lowest BCUT2D eigenvalue weighted by Gasteiger charge is -2.12. The predicted octanol–water partition coefficient (Wildman–Crippen LogP) is 3.54. The highest BCUT2D eigenvalue weighted by Crippen LogP contribution is 2.29. The third-order valence-corrected chi connectivity index (χ3v) is 3.91. The van der Waals surface area contributed by atoms with Gasteiger partial charge in [0.25, 0.3) is 5.91 Å². The van der Waals surface area contributed by atoms with Crippen LogP contribution in [0.5, 0.6) is 5.75 Å². The maximum Gasteiger partial charge on any atom is 0.255 e. The van der Waals surface area contributed by atoms with E-state index in [1.807, 2.05) is 31.2 Å². The van der Waals surface area contributed by atoms with Crippen molar-refractivity contribution in [3.63, 3.8) is 0 Å². The summed E-state index contributed by atoms with van der Waals surface area (Å²) in [5.74, 6) is -0.359. The summed E-state index contributed by atoms with van der Waals surface area (Å²) < 4.78 is 5.66. The molecule has 2 aromatic rings. The standard InChI is InChI=1S/C17H18BrNO3/c1-11-7-14(16(20)15(18)8-11)17(21)19-9-12-5-3-4-6-13(12)10-22-2/h3-8,20H,9-10H2,1-2H3,(H,19,21). The Morgan fingerprint density at radius 1 is 1.27 bits per heavy atom. The van der Waals surface area contributed by atoms with Crippen molar-refractivity contribution in [2.75, 3.05) is 7.11 Å². The maximum atomic E-state index is 12.3. The molecule has 116 valence electrons. The van der Waals surface area contributed by atoms with Gasteiger partial charge in [-0.1, -0.05) is 24.3 Å². The zero-order valence-electron chi connectivity index (χ0n) is 12.5. The fraction of sp³-hybridized carbons (Fsp3) is 0.235. The molecule has 0 unspecified atom stereocenters. The van der Waals surface area contributed by atoms with Crippen LogP contribution in [0.15, 0.2) is 40.9 Å². The van der Waals surface area contributed by atoms with Gasteiger partial charge >= 0.3 is 0 Å². The van der Waals surface area contributed by atoms with E-state index < -0.39 is 0 Å². The van der Waals surface area contributed by atoms with E-state index in [1.54, 1.807) is 19.2 Å². The quantitative estimate of drug-likeness (QED) is 0.853. The van der Waals surface area contributed by atoms with Crippen LogP contribution >= 0.6 is 15.9 Å². The van der Waals surface area contributed by atoms with E-state index in [9.17, 15) is 9.90 Å². The van der Waals surface area contributed by atoms with E-state index >= 15 is 0 Å². The molecule has 2 aromatic carbocycles. The second-order valence-electron chi connectivity index (χ2n) is 5.03. The van der Waals surface area contributed by atoms with Crippen LogP contribution in [0.3, 0.4) is 0 Å². The second kappa shape index (κ2) is 7.42. The molecule has 0 saturated carbocycles. The largest absolute Gasteiger partial charge is 0.506 e. The highest BCUT2D eigenvalue weighted by atomic mass is 79.9. The van der Waals surface area contributed by atoms with Crippen molar-refractivity contribution >= 4 is 21.8 Å². The number of carbonyl (C=O) groups is 1. The Morgan fingerprint density at radius 2 is 1.95 bits per heavy atom. The molecular weight excluding hydrogens is 346 g/mol. The molecule has 0 fully saturated rings. The number of phenols is 1. The van der Waals surface area contributed by atoms with Crippen molar-refractivity contribution in [2.24, 2.45) is 0 Å². The van der Waals surface area contributed by atoms with Crippen LogP contribution in [0.1, 0.15) is 27.0 Å². The summed E-state index contributed by atoms with van der Waals surface area (Å²) in [6.45, 7) is 2.74. The van der Waals surface area contributed by atoms with Gasteiger partial charge in [-0.05, 0) is 51.7 Å². The van der Waals surface area contributed by atoms with Crippen LogP contribution in [-0.4, -0.2) is 18.1 Å². The maximum absolute atomic E-state index is 12.3. The number of nitrogens with one attached hydrogen (secondary N) is 1. The number of aromatic hydroxyl groups is 1. The number of ether oxygens (including phenoxy) is 1. The van der Waals surface area contributed by atoms with Crippen LogP contribution in [0, 0.1) is 6.92 Å². The van der Waals surface area contributed by atoms with Crippen LogP contribution in [0.4, 0.5) is 0 Å². The number of halogens is 1. The number of hydrogen-bond donors (Lipinski definition) is 2. The fourth-order valence-corrected chi connectivity index (χ4v) is 2.78. The molecule has 0 atom stereocenters. The molecular formula is C17H18BrNO3. The summed E-state index contributed by atoms with van der Waals surface area (Å²) in [7, 11) is 1.64. The zero-order valence-corrected chi connectivity index (χ0v) is 14.1. The van der Waals surface area contributed by atoms with Gasteiger partial charge in [0, 0.05) is 13.7 Å². The lowest BCUT2D eigenvalue weighted by atomic mass is 10.1. The van der Waals surface area contributed by atoms with Crippen molar-refractivity contribution in [1.29, 1.82) is 0 Å². The molecule has 0 bridgehead atoms. The zero-order chi connectivity index (χ0) is 16.1. The van der Waals surface area contributed by atoms with Gasteiger partial charge in [-0.15, -0.1) is 0 Å². The molecule has 22 heavy (non-hydrogen) atoms. The highest BCUT2D eigenvalue weighted by molar-refractivity contribution is 9.10. The second-order valence-corrected chi connectivity index (χ2v) is 5.88. The molecule has 0 spiro atoms. The minimum absolute atomic E-state index is 0.0479. The van der Waals surface area contributed by atoms with Crippen LogP contribution < -0.4 is 5.32 Å². The van der Waals surface area contributed by atoms with Crippen molar-refractivity contribution in [1.82, 2.24) is 5.32 Å². The molecule has 4 nitrogen and oxygen atoms in total. The smallest absolute Gasteiger partial charge is 0.255 e. The molecule has 0 aliphatic heterocycles. The summed E-state index contributed by atoms with van der Waals surface area (Å²) in [4.78, 5) is 12.3. The normalized spacial score (nSPS) is 10.5. The number of methoxy groups -OCH3 is 1. The number of phenolic OH excluding ortho intramolecular Hbond substituents is 1. The van der Waals surface area contributed by atoms with E-state index in [0.29, 0.717) is 17.6 Å². The van der Waals surface area contributed by atoms with Crippen molar-refractivity contribution in [3.8, 4) is 5.75 Å². The first-order chi connectivity index (χ1) is 10.5. The number of rotatable bonds is 5. The summed E-state index contributed by atoms with van der Waals surface area (Å²) in [6.07, 6.45) is 0. The van der Waals surface area contributed by atoms with E-state index in [1.165, 1.54) is 0 Å². The Morgan fingerprint density at radius 3 is 2.64 bits per heavy atom. The molecule has 2 rings (SSSR count). The Hall–Kier alpha value is -1.85. The van der Waals surface area contributed by atoms with Gasteiger partial charge in [-0.2, -0.15) is 0 Å². The Labute approximate surface area is 138 Å². The molecule has 0 saturated heterocycles. The van der Waals surface area contributed by atoms with Crippen LogP contribution in [-0.2, 0) is 17.9 Å². The first-order valence-electron chi connectivity index (χ1n) is 6.86. The van der Waals surface area contributed by atoms with Gasteiger partial charge in [0.15, 0.2) is 0 Å². The fourth-order valence-electron chi connectivity index (χ4n) is 2.20. The molecule has 2 N–H and O–H groups in total. The van der Waals surface area contributed by atoms with Crippen LogP contribution in [0.25, 0.3) is 0 Å². The summed E-state index contributed by atoms with van der Waals surface area (Å²) in [5, 5.41) is 12.8. The Kier molecular flexibility index (Phi) is 5.57. The van der Waals surface area contributed by atoms with Crippen molar-refractivity contribution < 1.29 is 14.6 Å². The minimum Gasteiger partial charge on any atom is -0.506 e. The number of hydrogen-bond acceptors (Lipinski definition) is 3. The third kappa shape index (κ3) is 3.87. The lowest BCUT2D eigenvalue weighted by molar-refractivity contribution is 0.0947. The van der Waals surface area contributed by atoms with Crippen LogP contribution in [0.2, 0.25) is 0 Å². The predicted molar refractivity (Wildman–Crippen MR) is 88.9 cm³/mol. The lowest BCUT2D eigenvalue weighted by Crippen LogP contribution is -2.23. The third-order valence-electron chi connectivity index (χ3n) is 3.31. The highest BCUT2D eigenvalue weighted by Gasteiger charge is 2.14.